The Kier molecular flexibility index (Phi) is 2.01. The quantitative estimate of drug-likeness (QED) is 0.290. The SMILES string of the molecule is Nc1cccc(C(=O)C=O)c1. The highest BCUT2D eigenvalue weighted by Gasteiger charge is 2.01. The van der Waals surface area contributed by atoms with E-state index in [2.05, 4.69) is 0 Å². The molecule has 0 unspecified atom stereocenters. The van der Waals surface area contributed by atoms with Crippen molar-refractivity contribution in [2.24, 2.45) is 0 Å². The molecule has 0 aromatic heterocycles. The normalized spacial score (nSPS) is 9.09. The van der Waals surface area contributed by atoms with Crippen molar-refractivity contribution in [2.75, 3.05) is 5.73 Å². The summed E-state index contributed by atoms with van der Waals surface area (Å²) in [6, 6.07) is 6.30. The van der Waals surface area contributed by atoms with E-state index in [1.165, 1.54) is 6.07 Å². The highest BCUT2D eigenvalue weighted by molar-refractivity contribution is 6.33. The summed E-state index contributed by atoms with van der Waals surface area (Å²) < 4.78 is 0. The number of benzene rings is 1. The number of carbonyl (C=O) groups is 2. The lowest BCUT2D eigenvalue weighted by atomic mass is 10.1. The number of nitrogens with two attached hydrogens (primary N) is 1. The van der Waals surface area contributed by atoms with Crippen LogP contribution in [0.25, 0.3) is 0 Å². The van der Waals surface area contributed by atoms with Gasteiger partial charge >= 0.3 is 0 Å². The predicted octanol–water partition coefficient (Wildman–Crippen LogP) is 0.650. The van der Waals surface area contributed by atoms with Crippen molar-refractivity contribution < 1.29 is 9.59 Å². The molecular formula is C8H7NO2. The maximum absolute atomic E-state index is 10.7. The molecule has 0 fully saturated rings. The van der Waals surface area contributed by atoms with E-state index in [9.17, 15) is 9.59 Å². The molecule has 3 heteroatoms. The van der Waals surface area contributed by atoms with Gasteiger partial charge in [0.1, 0.15) is 0 Å². The van der Waals surface area contributed by atoms with Gasteiger partial charge in [0.05, 0.1) is 0 Å². The number of carbonyl (C=O) groups excluding carboxylic acids is 2. The molecule has 0 atom stereocenters. The van der Waals surface area contributed by atoms with Crippen molar-refractivity contribution in [1.29, 1.82) is 0 Å². The van der Waals surface area contributed by atoms with Crippen LogP contribution in [0.2, 0.25) is 0 Å². The maximum Gasteiger partial charge on any atom is 0.225 e. The molecule has 0 radical (unpaired) electrons. The van der Waals surface area contributed by atoms with Gasteiger partial charge in [0, 0.05) is 11.3 Å². The van der Waals surface area contributed by atoms with Crippen molar-refractivity contribution in [2.45, 2.75) is 0 Å². The van der Waals surface area contributed by atoms with Crippen LogP contribution in [-0.4, -0.2) is 12.1 Å². The fourth-order valence-electron chi connectivity index (χ4n) is 0.760. The van der Waals surface area contributed by atoms with E-state index in [1.807, 2.05) is 0 Å². The highest BCUT2D eigenvalue weighted by Crippen LogP contribution is 2.05. The molecule has 0 aliphatic rings. The Balaban J connectivity index is 3.05. The van der Waals surface area contributed by atoms with Gasteiger partial charge < -0.3 is 5.73 Å². The summed E-state index contributed by atoms with van der Waals surface area (Å²) in [6.45, 7) is 0. The van der Waals surface area contributed by atoms with Crippen LogP contribution in [-0.2, 0) is 4.79 Å². The van der Waals surface area contributed by atoms with E-state index in [4.69, 9.17) is 5.73 Å². The summed E-state index contributed by atoms with van der Waals surface area (Å²) in [4.78, 5) is 20.8. The zero-order valence-electron chi connectivity index (χ0n) is 5.78. The Bertz CT molecular complexity index is 294. The van der Waals surface area contributed by atoms with Gasteiger partial charge in [-0.1, -0.05) is 12.1 Å². The molecule has 1 rings (SSSR count). The van der Waals surface area contributed by atoms with Crippen LogP contribution < -0.4 is 5.73 Å². The van der Waals surface area contributed by atoms with Gasteiger partial charge in [-0.05, 0) is 12.1 Å². The molecule has 0 bridgehead atoms. The van der Waals surface area contributed by atoms with Crippen LogP contribution in [0.3, 0.4) is 0 Å². The van der Waals surface area contributed by atoms with Crippen LogP contribution in [0.4, 0.5) is 5.69 Å². The van der Waals surface area contributed by atoms with Crippen molar-refractivity contribution in [3.8, 4) is 0 Å². The highest BCUT2D eigenvalue weighted by atomic mass is 16.2. The van der Waals surface area contributed by atoms with Crippen molar-refractivity contribution >= 4 is 17.8 Å². The lowest BCUT2D eigenvalue weighted by molar-refractivity contribution is -0.104. The van der Waals surface area contributed by atoms with Crippen molar-refractivity contribution in [1.82, 2.24) is 0 Å². The van der Waals surface area contributed by atoms with Crippen LogP contribution in [0.1, 0.15) is 10.4 Å². The van der Waals surface area contributed by atoms with Crippen LogP contribution >= 0.6 is 0 Å². The molecule has 0 spiro atoms. The topological polar surface area (TPSA) is 60.2 Å². The smallest absolute Gasteiger partial charge is 0.225 e. The Labute approximate surface area is 63.8 Å². The Hall–Kier alpha value is -1.64. The average molecular weight is 149 g/mol. The van der Waals surface area contributed by atoms with Gasteiger partial charge in [0.25, 0.3) is 0 Å². The summed E-state index contributed by atoms with van der Waals surface area (Å²) >= 11 is 0. The average Bonchev–Trinajstić information content (AvgIpc) is 2.03. The molecule has 3 nitrogen and oxygen atoms in total. The molecule has 0 saturated carbocycles. The van der Waals surface area contributed by atoms with E-state index in [-0.39, 0.29) is 6.29 Å². The fourth-order valence-corrected chi connectivity index (χ4v) is 0.760. The van der Waals surface area contributed by atoms with E-state index in [1.54, 1.807) is 18.2 Å². The Morgan fingerprint density at radius 2 is 2.18 bits per heavy atom. The molecule has 0 amide bonds. The Morgan fingerprint density at radius 3 is 2.73 bits per heavy atom. The lowest BCUT2D eigenvalue weighted by Crippen LogP contribution is -2.00. The molecular weight excluding hydrogens is 142 g/mol. The number of hydrogen-bond acceptors (Lipinski definition) is 3. The van der Waals surface area contributed by atoms with E-state index >= 15 is 0 Å². The minimum absolute atomic E-state index is 0.273. The van der Waals surface area contributed by atoms with E-state index < -0.39 is 5.78 Å². The van der Waals surface area contributed by atoms with Gasteiger partial charge in [0.15, 0.2) is 6.29 Å². The monoisotopic (exact) mass is 149 g/mol. The first-order chi connectivity index (χ1) is 5.24. The zero-order chi connectivity index (χ0) is 8.27. The number of aldehydes is 1. The zero-order valence-corrected chi connectivity index (χ0v) is 5.78. The number of ketones is 1. The summed E-state index contributed by atoms with van der Waals surface area (Å²) in [6.07, 6.45) is 0.273. The standard InChI is InChI=1S/C8H7NO2/c9-7-3-1-2-6(4-7)8(11)5-10/h1-5H,9H2. The number of anilines is 1. The first-order valence-corrected chi connectivity index (χ1v) is 3.09. The third-order valence-electron chi connectivity index (χ3n) is 1.28. The summed E-state index contributed by atoms with van der Waals surface area (Å²) in [5.41, 5.74) is 6.20. The van der Waals surface area contributed by atoms with Gasteiger partial charge in [-0.2, -0.15) is 0 Å². The molecule has 11 heavy (non-hydrogen) atoms. The number of nitrogen functional groups attached to an aromatic ring is 1. The first kappa shape index (κ1) is 7.47. The third kappa shape index (κ3) is 1.64. The van der Waals surface area contributed by atoms with Gasteiger partial charge in [-0.15, -0.1) is 0 Å². The van der Waals surface area contributed by atoms with Gasteiger partial charge in [-0.25, -0.2) is 0 Å². The summed E-state index contributed by atoms with van der Waals surface area (Å²) in [7, 11) is 0. The maximum atomic E-state index is 10.7. The minimum Gasteiger partial charge on any atom is -0.399 e. The molecule has 2 N–H and O–H groups in total. The first-order valence-electron chi connectivity index (χ1n) is 3.09. The second kappa shape index (κ2) is 2.96. The molecule has 56 valence electrons. The molecule has 0 heterocycles. The lowest BCUT2D eigenvalue weighted by Gasteiger charge is -1.94. The van der Waals surface area contributed by atoms with Crippen LogP contribution in [0, 0.1) is 0 Å². The van der Waals surface area contributed by atoms with Gasteiger partial charge in [0.2, 0.25) is 5.78 Å². The Morgan fingerprint density at radius 1 is 1.45 bits per heavy atom. The summed E-state index contributed by atoms with van der Waals surface area (Å²) in [5.74, 6) is -0.544. The molecule has 0 aliphatic heterocycles. The van der Waals surface area contributed by atoms with Crippen molar-refractivity contribution in [3.63, 3.8) is 0 Å². The predicted molar refractivity (Wildman–Crippen MR) is 41.2 cm³/mol. The van der Waals surface area contributed by atoms with Crippen LogP contribution in [0.5, 0.6) is 0 Å². The second-order valence-electron chi connectivity index (χ2n) is 2.11. The number of Topliss-reactive ketones (excluding diaryl/α,β-unsaturated/α-hetero) is 1. The number of hydrogen-bond donors (Lipinski definition) is 1. The van der Waals surface area contributed by atoms with Gasteiger partial charge in [-0.3, -0.25) is 9.59 Å². The molecule has 1 aromatic carbocycles. The van der Waals surface area contributed by atoms with E-state index in [0.29, 0.717) is 11.3 Å². The fraction of sp³-hybridized carbons (Fsp3) is 0. The van der Waals surface area contributed by atoms with Crippen molar-refractivity contribution in [3.05, 3.63) is 29.8 Å². The second-order valence-corrected chi connectivity index (χ2v) is 2.11. The molecule has 0 aliphatic carbocycles. The third-order valence-corrected chi connectivity index (χ3v) is 1.28. The largest absolute Gasteiger partial charge is 0.399 e. The minimum atomic E-state index is -0.544. The van der Waals surface area contributed by atoms with E-state index in [0.717, 1.165) is 0 Å². The summed E-state index contributed by atoms with van der Waals surface area (Å²) in [5, 5.41) is 0. The molecule has 0 saturated heterocycles. The molecule has 1 aromatic rings. The van der Waals surface area contributed by atoms with Crippen LogP contribution in [0.15, 0.2) is 24.3 Å². The number of rotatable bonds is 2.